The number of carbonyl (C=O) groups is 1. The summed E-state index contributed by atoms with van der Waals surface area (Å²) in [5.74, 6) is 0.232. The molecule has 2 aromatic rings. The topological polar surface area (TPSA) is 56.4 Å². The Morgan fingerprint density at radius 1 is 1.09 bits per heavy atom. The van der Waals surface area contributed by atoms with E-state index in [1.54, 1.807) is 11.3 Å². The number of thiophene rings is 1. The van der Waals surface area contributed by atoms with Gasteiger partial charge in [-0.3, -0.25) is 4.79 Å². The molecular weight excluding hydrogens is 464 g/mol. The van der Waals surface area contributed by atoms with Crippen LogP contribution in [0.2, 0.25) is 5.02 Å². The Balaban J connectivity index is 1.88. The molecule has 0 unspecified atom stereocenters. The van der Waals surface area contributed by atoms with E-state index >= 15 is 0 Å². The van der Waals surface area contributed by atoms with Crippen LogP contribution in [0, 0.1) is 13.8 Å². The van der Waals surface area contributed by atoms with E-state index in [4.69, 9.17) is 11.6 Å². The van der Waals surface area contributed by atoms with Crippen LogP contribution in [-0.2, 0) is 11.3 Å². The van der Waals surface area contributed by atoms with Gasteiger partial charge in [0.1, 0.15) is 0 Å². The van der Waals surface area contributed by atoms with Crippen molar-refractivity contribution in [2.75, 3.05) is 31.5 Å². The first kappa shape index (κ1) is 28.6. The number of benzene rings is 1. The molecule has 1 amide bonds. The maximum Gasteiger partial charge on any atom is 0.222 e. The Morgan fingerprint density at radius 2 is 1.88 bits per heavy atom. The summed E-state index contributed by atoms with van der Waals surface area (Å²) in [6.07, 6.45) is 3.71. The summed E-state index contributed by atoms with van der Waals surface area (Å²) < 4.78 is 0. The number of rotatable bonds is 16. The molecule has 0 aliphatic rings. The zero-order valence-corrected chi connectivity index (χ0v) is 23.1. The van der Waals surface area contributed by atoms with Crippen molar-refractivity contribution in [3.8, 4) is 0 Å². The van der Waals surface area contributed by atoms with Gasteiger partial charge in [-0.2, -0.15) is 0 Å². The van der Waals surface area contributed by atoms with Crippen LogP contribution < -0.4 is 16.0 Å². The van der Waals surface area contributed by atoms with Gasteiger partial charge in [0, 0.05) is 49.6 Å². The molecule has 0 aliphatic carbocycles. The molecule has 190 valence electrons. The lowest BCUT2D eigenvalue weighted by Crippen LogP contribution is -2.46. The lowest BCUT2D eigenvalue weighted by molar-refractivity contribution is -0.133. The number of nitrogens with one attached hydrogen (secondary N) is 3. The minimum absolute atomic E-state index is 0.118. The molecule has 3 N–H and O–H groups in total. The molecule has 0 radical (unpaired) electrons. The van der Waals surface area contributed by atoms with Gasteiger partial charge in [0.05, 0.1) is 10.7 Å². The number of unbranched alkanes of at least 4 members (excludes halogenated alkanes) is 2. The van der Waals surface area contributed by atoms with E-state index in [2.05, 4.69) is 67.2 Å². The highest BCUT2D eigenvalue weighted by Gasteiger charge is 2.19. The molecule has 0 fully saturated rings. The molecule has 0 spiro atoms. The number of nitrogens with zero attached hydrogens (tertiary/aromatic N) is 1. The summed E-state index contributed by atoms with van der Waals surface area (Å²) >= 11 is 8.28. The predicted octanol–water partition coefficient (Wildman–Crippen LogP) is 6.00. The zero-order valence-electron chi connectivity index (χ0n) is 21.5. The van der Waals surface area contributed by atoms with Crippen LogP contribution in [0.4, 0.5) is 5.69 Å². The van der Waals surface area contributed by atoms with Gasteiger partial charge in [-0.05, 0) is 68.8 Å². The highest BCUT2D eigenvalue weighted by atomic mass is 35.5. The van der Waals surface area contributed by atoms with Crippen molar-refractivity contribution in [2.24, 2.45) is 0 Å². The maximum absolute atomic E-state index is 13.2. The molecule has 0 bridgehead atoms. The van der Waals surface area contributed by atoms with Crippen molar-refractivity contribution in [2.45, 2.75) is 78.9 Å². The van der Waals surface area contributed by atoms with Gasteiger partial charge in [0.25, 0.3) is 0 Å². The molecular formula is C27H43ClN4OS. The molecule has 34 heavy (non-hydrogen) atoms. The number of carbonyl (C=O) groups excluding carboxylic acids is 1. The fourth-order valence-electron chi connectivity index (χ4n) is 3.86. The normalized spacial score (nSPS) is 12.2. The summed E-state index contributed by atoms with van der Waals surface area (Å²) in [5.41, 5.74) is 3.21. The second kappa shape index (κ2) is 15.4. The van der Waals surface area contributed by atoms with Crippen LogP contribution in [0.25, 0.3) is 0 Å². The first-order chi connectivity index (χ1) is 16.3. The third-order valence-electron chi connectivity index (χ3n) is 6.12. The fourth-order valence-corrected chi connectivity index (χ4v) is 4.81. The highest BCUT2D eigenvalue weighted by molar-refractivity contribution is 7.09. The molecule has 7 heteroatoms. The Bertz CT molecular complexity index is 857. The number of hydrogen-bond acceptors (Lipinski definition) is 5. The number of anilines is 1. The Hall–Kier alpha value is -1.60. The van der Waals surface area contributed by atoms with Crippen LogP contribution in [0.1, 0.15) is 62.5 Å². The maximum atomic E-state index is 13.2. The second-order valence-electron chi connectivity index (χ2n) is 9.36. The summed E-state index contributed by atoms with van der Waals surface area (Å²) in [5, 5.41) is 13.3. The highest BCUT2D eigenvalue weighted by Crippen LogP contribution is 2.27. The third kappa shape index (κ3) is 9.95. The van der Waals surface area contributed by atoms with E-state index in [0.717, 1.165) is 55.2 Å². The summed E-state index contributed by atoms with van der Waals surface area (Å²) in [6, 6.07) is 8.94. The average Bonchev–Trinajstić information content (AvgIpc) is 3.32. The van der Waals surface area contributed by atoms with E-state index in [-0.39, 0.29) is 11.9 Å². The van der Waals surface area contributed by atoms with Gasteiger partial charge in [-0.15, -0.1) is 11.3 Å². The first-order valence-electron chi connectivity index (χ1n) is 12.5. The predicted molar refractivity (Wildman–Crippen MR) is 148 cm³/mol. The van der Waals surface area contributed by atoms with E-state index in [1.165, 1.54) is 10.4 Å². The van der Waals surface area contributed by atoms with Crippen LogP contribution in [-0.4, -0.2) is 49.1 Å². The SMILES string of the molecule is Cc1ccc(NCCN(C(=O)CCCCCNC(C)C)[C@H](C)CNCc2cccs2)c(Cl)c1C. The molecule has 1 atom stereocenters. The zero-order chi connectivity index (χ0) is 24.9. The van der Waals surface area contributed by atoms with Crippen LogP contribution in [0.3, 0.4) is 0 Å². The van der Waals surface area contributed by atoms with Crippen molar-refractivity contribution in [3.05, 3.63) is 50.7 Å². The Morgan fingerprint density at radius 3 is 2.59 bits per heavy atom. The van der Waals surface area contributed by atoms with Crippen molar-refractivity contribution in [1.29, 1.82) is 0 Å². The fraction of sp³-hybridized carbons (Fsp3) is 0.593. The van der Waals surface area contributed by atoms with Crippen molar-refractivity contribution < 1.29 is 4.79 Å². The third-order valence-corrected chi connectivity index (χ3v) is 7.48. The summed E-state index contributed by atoms with van der Waals surface area (Å²) in [4.78, 5) is 16.5. The van der Waals surface area contributed by atoms with Gasteiger partial charge in [-0.1, -0.05) is 44.0 Å². The summed E-state index contributed by atoms with van der Waals surface area (Å²) in [7, 11) is 0. The van der Waals surface area contributed by atoms with Crippen molar-refractivity contribution in [3.63, 3.8) is 0 Å². The number of aryl methyl sites for hydroxylation is 1. The van der Waals surface area contributed by atoms with Crippen molar-refractivity contribution >= 4 is 34.5 Å². The molecule has 1 aromatic carbocycles. The number of halogens is 1. The number of amides is 1. The average molecular weight is 507 g/mol. The second-order valence-corrected chi connectivity index (χ2v) is 10.8. The molecule has 1 heterocycles. The molecule has 1 aromatic heterocycles. The molecule has 0 aliphatic heterocycles. The van der Waals surface area contributed by atoms with Crippen LogP contribution in [0.5, 0.6) is 0 Å². The lowest BCUT2D eigenvalue weighted by Gasteiger charge is -2.30. The Kier molecular flexibility index (Phi) is 13.0. The standard InChI is InChI=1S/C27H43ClN4OS/c1-20(2)30-14-8-6-7-11-26(33)32(22(4)18-29-19-24-10-9-17-34-24)16-15-31-25-13-12-21(3)23(5)27(25)28/h9-10,12-13,17,20,22,29-31H,6-8,11,14-16,18-19H2,1-5H3/t22-/m1/s1. The monoisotopic (exact) mass is 506 g/mol. The first-order valence-corrected chi connectivity index (χ1v) is 13.8. The van der Waals surface area contributed by atoms with E-state index in [9.17, 15) is 4.79 Å². The quantitative estimate of drug-likeness (QED) is 0.244. The Labute approximate surface area is 215 Å². The molecule has 5 nitrogen and oxygen atoms in total. The van der Waals surface area contributed by atoms with Crippen LogP contribution >= 0.6 is 22.9 Å². The number of hydrogen-bond donors (Lipinski definition) is 3. The van der Waals surface area contributed by atoms with Gasteiger partial charge in [-0.25, -0.2) is 0 Å². The minimum atomic E-state index is 0.118. The largest absolute Gasteiger partial charge is 0.382 e. The van der Waals surface area contributed by atoms with E-state index in [1.807, 2.05) is 17.9 Å². The van der Waals surface area contributed by atoms with Gasteiger partial charge in [0.15, 0.2) is 0 Å². The summed E-state index contributed by atoms with van der Waals surface area (Å²) in [6.45, 7) is 14.5. The van der Waals surface area contributed by atoms with E-state index < -0.39 is 0 Å². The molecule has 0 saturated carbocycles. The van der Waals surface area contributed by atoms with E-state index in [0.29, 0.717) is 25.6 Å². The van der Waals surface area contributed by atoms with Gasteiger partial charge < -0.3 is 20.9 Å². The smallest absolute Gasteiger partial charge is 0.222 e. The minimum Gasteiger partial charge on any atom is -0.382 e. The van der Waals surface area contributed by atoms with Crippen molar-refractivity contribution in [1.82, 2.24) is 15.5 Å². The van der Waals surface area contributed by atoms with Gasteiger partial charge >= 0.3 is 0 Å². The van der Waals surface area contributed by atoms with Crippen LogP contribution in [0.15, 0.2) is 29.6 Å². The molecule has 0 saturated heterocycles. The molecule has 2 rings (SSSR count). The van der Waals surface area contributed by atoms with Gasteiger partial charge in [0.2, 0.25) is 5.91 Å². The lowest BCUT2D eigenvalue weighted by atomic mass is 10.1.